The first-order valence-electron chi connectivity index (χ1n) is 8.05. The molecule has 6 heteroatoms. The van der Waals surface area contributed by atoms with E-state index in [4.69, 9.17) is 5.73 Å². The highest BCUT2D eigenvalue weighted by atomic mass is 16.6. The Balaban J connectivity index is 1.65. The smallest absolute Gasteiger partial charge is 0.407 e. The zero-order chi connectivity index (χ0) is 16.7. The fourth-order valence-electron chi connectivity index (χ4n) is 2.87. The Morgan fingerprint density at radius 2 is 2.09 bits per heavy atom. The van der Waals surface area contributed by atoms with Crippen LogP contribution in [-0.2, 0) is 9.53 Å². The maximum absolute atomic E-state index is 11.3. The van der Waals surface area contributed by atoms with Crippen LogP contribution in [0.25, 0.3) is 0 Å². The average molecular weight is 319 g/mol. The molecule has 0 aliphatic carbocycles. The Kier molecular flexibility index (Phi) is 6.26. The first-order valence-corrected chi connectivity index (χ1v) is 8.05. The van der Waals surface area contributed by atoms with E-state index >= 15 is 0 Å². The number of nitrogens with zero attached hydrogens (tertiary/aromatic N) is 1. The quantitative estimate of drug-likeness (QED) is 0.837. The molecule has 1 fully saturated rings. The van der Waals surface area contributed by atoms with Crippen molar-refractivity contribution in [3.8, 4) is 0 Å². The van der Waals surface area contributed by atoms with Crippen molar-refractivity contribution in [1.82, 2.24) is 5.32 Å². The third kappa shape index (κ3) is 5.81. The number of nitrogens with one attached hydrogen (secondary N) is 1. The number of carbonyl (C=O) groups excluding carboxylic acids is 2. The van der Waals surface area contributed by atoms with Crippen molar-refractivity contribution in [3.05, 3.63) is 29.8 Å². The van der Waals surface area contributed by atoms with Gasteiger partial charge in [0.15, 0.2) is 6.61 Å². The molecule has 126 valence electrons. The number of amides is 2. The van der Waals surface area contributed by atoms with E-state index in [0.717, 1.165) is 32.4 Å². The largest absolute Gasteiger partial charge is 0.439 e. The molecule has 0 saturated carbocycles. The van der Waals surface area contributed by atoms with Crippen LogP contribution in [0.2, 0.25) is 0 Å². The number of nitrogens with two attached hydrogens (primary N) is 1. The lowest BCUT2D eigenvalue weighted by molar-refractivity contribution is -0.120. The van der Waals surface area contributed by atoms with Crippen molar-refractivity contribution in [2.45, 2.75) is 26.2 Å². The van der Waals surface area contributed by atoms with E-state index in [9.17, 15) is 9.59 Å². The van der Waals surface area contributed by atoms with Crippen molar-refractivity contribution in [1.29, 1.82) is 0 Å². The molecule has 1 heterocycles. The fourth-order valence-corrected chi connectivity index (χ4v) is 2.87. The minimum Gasteiger partial charge on any atom is -0.439 e. The van der Waals surface area contributed by atoms with Gasteiger partial charge in [-0.05, 0) is 49.8 Å². The van der Waals surface area contributed by atoms with Crippen LogP contribution >= 0.6 is 0 Å². The van der Waals surface area contributed by atoms with Gasteiger partial charge in [0.2, 0.25) is 0 Å². The molecule has 2 rings (SSSR count). The standard InChI is InChI=1S/C17H25N3O3/c1-13-3-2-4-15(11-13)20-9-6-14(7-10-20)5-8-19-17(22)23-12-16(18)21/h2-4,11,14H,5-10,12H2,1H3,(H2,18,21)(H,19,22). The van der Waals surface area contributed by atoms with E-state index in [1.165, 1.54) is 11.3 Å². The van der Waals surface area contributed by atoms with Crippen LogP contribution in [0.15, 0.2) is 24.3 Å². The summed E-state index contributed by atoms with van der Waals surface area (Å²) in [6.07, 6.45) is 2.58. The Hall–Kier alpha value is -2.24. The summed E-state index contributed by atoms with van der Waals surface area (Å²) < 4.78 is 4.65. The molecule has 0 atom stereocenters. The Morgan fingerprint density at radius 3 is 2.74 bits per heavy atom. The summed E-state index contributed by atoms with van der Waals surface area (Å²) in [4.78, 5) is 24.2. The number of ether oxygens (including phenoxy) is 1. The highest BCUT2D eigenvalue weighted by Crippen LogP contribution is 2.25. The Morgan fingerprint density at radius 1 is 1.35 bits per heavy atom. The first-order chi connectivity index (χ1) is 11.0. The van der Waals surface area contributed by atoms with Gasteiger partial charge in [-0.25, -0.2) is 4.79 Å². The van der Waals surface area contributed by atoms with E-state index in [0.29, 0.717) is 12.5 Å². The van der Waals surface area contributed by atoms with Crippen LogP contribution in [-0.4, -0.2) is 38.2 Å². The van der Waals surface area contributed by atoms with Crippen LogP contribution in [0.5, 0.6) is 0 Å². The van der Waals surface area contributed by atoms with E-state index in [1.807, 2.05) is 0 Å². The third-order valence-corrected chi connectivity index (χ3v) is 4.15. The summed E-state index contributed by atoms with van der Waals surface area (Å²) in [7, 11) is 0. The van der Waals surface area contributed by atoms with Crippen molar-refractivity contribution >= 4 is 17.7 Å². The lowest BCUT2D eigenvalue weighted by atomic mass is 9.93. The highest BCUT2D eigenvalue weighted by Gasteiger charge is 2.19. The monoisotopic (exact) mass is 319 g/mol. The molecule has 2 amide bonds. The third-order valence-electron chi connectivity index (χ3n) is 4.15. The molecule has 6 nitrogen and oxygen atoms in total. The van der Waals surface area contributed by atoms with Crippen molar-refractivity contribution in [2.75, 3.05) is 31.1 Å². The van der Waals surface area contributed by atoms with E-state index < -0.39 is 12.0 Å². The molecule has 1 aromatic carbocycles. The van der Waals surface area contributed by atoms with Crippen LogP contribution in [0.3, 0.4) is 0 Å². The van der Waals surface area contributed by atoms with Gasteiger partial charge in [0, 0.05) is 25.3 Å². The number of benzene rings is 1. The molecular formula is C17H25N3O3. The molecule has 3 N–H and O–H groups in total. The SMILES string of the molecule is Cc1cccc(N2CCC(CCNC(=O)OCC(N)=O)CC2)c1. The molecule has 0 spiro atoms. The number of piperidine rings is 1. The van der Waals surface area contributed by atoms with Crippen molar-refractivity contribution < 1.29 is 14.3 Å². The summed E-state index contributed by atoms with van der Waals surface area (Å²) in [5, 5.41) is 2.65. The van der Waals surface area contributed by atoms with Crippen molar-refractivity contribution in [3.63, 3.8) is 0 Å². The topological polar surface area (TPSA) is 84.7 Å². The lowest BCUT2D eigenvalue weighted by Crippen LogP contribution is -2.35. The van der Waals surface area contributed by atoms with Gasteiger partial charge in [-0.15, -0.1) is 0 Å². The number of carbonyl (C=O) groups is 2. The van der Waals surface area contributed by atoms with Gasteiger partial charge in [-0.3, -0.25) is 4.79 Å². The second kappa shape index (κ2) is 8.41. The number of hydrogen-bond acceptors (Lipinski definition) is 4. The zero-order valence-electron chi connectivity index (χ0n) is 13.6. The van der Waals surface area contributed by atoms with Crippen LogP contribution in [0.1, 0.15) is 24.8 Å². The van der Waals surface area contributed by atoms with Crippen LogP contribution in [0, 0.1) is 12.8 Å². The van der Waals surface area contributed by atoms with Gasteiger partial charge in [0.1, 0.15) is 0 Å². The lowest BCUT2D eigenvalue weighted by Gasteiger charge is -2.33. The van der Waals surface area contributed by atoms with E-state index in [-0.39, 0.29) is 6.61 Å². The maximum atomic E-state index is 11.3. The van der Waals surface area contributed by atoms with Gasteiger partial charge < -0.3 is 20.7 Å². The number of primary amides is 1. The second-order valence-electron chi connectivity index (χ2n) is 6.03. The second-order valence-corrected chi connectivity index (χ2v) is 6.03. The molecule has 0 bridgehead atoms. The maximum Gasteiger partial charge on any atom is 0.407 e. The molecule has 0 aromatic heterocycles. The number of anilines is 1. The van der Waals surface area contributed by atoms with E-state index in [2.05, 4.69) is 46.1 Å². The summed E-state index contributed by atoms with van der Waals surface area (Å²) >= 11 is 0. The van der Waals surface area contributed by atoms with Gasteiger partial charge in [-0.2, -0.15) is 0 Å². The molecule has 1 aliphatic heterocycles. The Labute approximate surface area is 137 Å². The first kappa shape index (κ1) is 17.1. The van der Waals surface area contributed by atoms with Crippen LogP contribution < -0.4 is 16.0 Å². The van der Waals surface area contributed by atoms with Gasteiger partial charge in [0.25, 0.3) is 5.91 Å². The molecule has 1 aliphatic rings. The predicted molar refractivity (Wildman–Crippen MR) is 89.3 cm³/mol. The molecule has 1 aromatic rings. The van der Waals surface area contributed by atoms with Gasteiger partial charge >= 0.3 is 6.09 Å². The predicted octanol–water partition coefficient (Wildman–Crippen LogP) is 1.81. The zero-order valence-corrected chi connectivity index (χ0v) is 13.6. The normalized spacial score (nSPS) is 15.3. The van der Waals surface area contributed by atoms with Crippen LogP contribution in [0.4, 0.5) is 10.5 Å². The number of aryl methyl sites for hydroxylation is 1. The van der Waals surface area contributed by atoms with Gasteiger partial charge in [0.05, 0.1) is 0 Å². The van der Waals surface area contributed by atoms with Gasteiger partial charge in [-0.1, -0.05) is 12.1 Å². The highest BCUT2D eigenvalue weighted by molar-refractivity contribution is 5.78. The molecule has 0 unspecified atom stereocenters. The summed E-state index contributed by atoms with van der Waals surface area (Å²) in [5.41, 5.74) is 7.48. The summed E-state index contributed by atoms with van der Waals surface area (Å²) in [6.45, 7) is 4.38. The van der Waals surface area contributed by atoms with E-state index in [1.54, 1.807) is 0 Å². The number of rotatable bonds is 6. The van der Waals surface area contributed by atoms with Crippen molar-refractivity contribution in [2.24, 2.45) is 11.7 Å². The number of hydrogen-bond donors (Lipinski definition) is 2. The molecular weight excluding hydrogens is 294 g/mol. The number of alkyl carbamates (subject to hydrolysis) is 1. The summed E-state index contributed by atoms with van der Waals surface area (Å²) in [5.74, 6) is -0.0452. The minimum atomic E-state index is -0.649. The Bertz CT molecular complexity index is 540. The molecule has 0 radical (unpaired) electrons. The average Bonchev–Trinajstić information content (AvgIpc) is 2.53. The molecule has 23 heavy (non-hydrogen) atoms. The summed E-state index contributed by atoms with van der Waals surface area (Å²) in [6, 6.07) is 8.58. The minimum absolute atomic E-state index is 0.374. The fraction of sp³-hybridized carbons (Fsp3) is 0.529. The molecule has 1 saturated heterocycles.